The number of benzene rings is 1. The Balaban J connectivity index is 1.99. The van der Waals surface area contributed by atoms with Crippen LogP contribution in [0.3, 0.4) is 0 Å². The van der Waals surface area contributed by atoms with Gasteiger partial charge in [-0.3, -0.25) is 9.20 Å². The normalized spacial score (nSPS) is 11.6. The van der Waals surface area contributed by atoms with E-state index in [1.54, 1.807) is 17.4 Å². The molecule has 2 aromatic heterocycles. The fraction of sp³-hybridized carbons (Fsp3) is 0.211. The number of amides is 1. The Morgan fingerprint density at radius 2 is 1.96 bits per heavy atom. The van der Waals surface area contributed by atoms with Crippen molar-refractivity contribution in [3.8, 4) is 6.07 Å². The minimum Gasteiger partial charge on any atom is -0.321 e. The fourth-order valence-electron chi connectivity index (χ4n) is 2.73. The topological polar surface area (TPSA) is 70.2 Å². The van der Waals surface area contributed by atoms with Crippen LogP contribution >= 0.6 is 11.3 Å². The molecular weight excluding hydrogens is 332 g/mol. The third kappa shape index (κ3) is 3.19. The minimum absolute atomic E-state index is 0.0522. The standard InChI is InChI=1S/C19H18N4OS/c1-11-6-5-7-12(2)17(11)22-18(24)15(9-20)8-16-14(4)21-19-23(16)10-13(3)25-19/h5-8,10H,1-4H3,(H,22,24). The minimum atomic E-state index is -0.416. The maximum Gasteiger partial charge on any atom is 0.266 e. The Labute approximate surface area is 150 Å². The lowest BCUT2D eigenvalue weighted by Gasteiger charge is -2.10. The molecule has 0 fully saturated rings. The molecule has 0 saturated carbocycles. The van der Waals surface area contributed by atoms with Gasteiger partial charge in [-0.15, -0.1) is 11.3 Å². The van der Waals surface area contributed by atoms with Gasteiger partial charge in [-0.2, -0.15) is 5.26 Å². The lowest BCUT2D eigenvalue weighted by atomic mass is 10.1. The van der Waals surface area contributed by atoms with Gasteiger partial charge < -0.3 is 5.32 Å². The second-order valence-electron chi connectivity index (χ2n) is 5.97. The van der Waals surface area contributed by atoms with Crippen molar-refractivity contribution in [2.24, 2.45) is 0 Å². The predicted molar refractivity (Wildman–Crippen MR) is 101 cm³/mol. The molecule has 0 aliphatic carbocycles. The van der Waals surface area contributed by atoms with Crippen LogP contribution in [-0.4, -0.2) is 15.3 Å². The molecule has 5 nitrogen and oxygen atoms in total. The summed E-state index contributed by atoms with van der Waals surface area (Å²) in [6.45, 7) is 7.73. The number of anilines is 1. The lowest BCUT2D eigenvalue weighted by Crippen LogP contribution is -2.15. The van der Waals surface area contributed by atoms with Gasteiger partial charge in [-0.25, -0.2) is 4.98 Å². The SMILES string of the molecule is Cc1cn2c(C=C(C#N)C(=O)Nc3c(C)cccc3C)c(C)nc2s1. The first kappa shape index (κ1) is 16.9. The molecule has 0 atom stereocenters. The van der Waals surface area contributed by atoms with Gasteiger partial charge in [-0.05, 0) is 44.9 Å². The molecule has 1 N–H and O–H groups in total. The first-order valence-electron chi connectivity index (χ1n) is 7.85. The Hall–Kier alpha value is -2.91. The first-order chi connectivity index (χ1) is 11.9. The van der Waals surface area contributed by atoms with Crippen LogP contribution in [0.1, 0.15) is 27.4 Å². The van der Waals surface area contributed by atoms with Crippen molar-refractivity contribution >= 4 is 34.0 Å². The number of nitrogens with zero attached hydrogens (tertiary/aromatic N) is 3. The summed E-state index contributed by atoms with van der Waals surface area (Å²) in [4.78, 5) is 19.1. The molecule has 0 unspecified atom stereocenters. The van der Waals surface area contributed by atoms with Crippen LogP contribution in [0.25, 0.3) is 11.0 Å². The average Bonchev–Trinajstić information content (AvgIpc) is 3.04. The molecule has 1 aromatic carbocycles. The number of carbonyl (C=O) groups is 1. The van der Waals surface area contributed by atoms with Crippen LogP contribution in [0.15, 0.2) is 30.0 Å². The molecule has 3 aromatic rings. The molecule has 1 amide bonds. The summed E-state index contributed by atoms with van der Waals surface area (Å²) in [5.41, 5.74) is 4.27. The number of thiazole rings is 1. The Morgan fingerprint density at radius 3 is 2.60 bits per heavy atom. The molecule has 3 rings (SSSR count). The summed E-state index contributed by atoms with van der Waals surface area (Å²) in [6, 6.07) is 7.80. The van der Waals surface area contributed by atoms with E-state index >= 15 is 0 Å². The van der Waals surface area contributed by atoms with E-state index in [-0.39, 0.29) is 5.57 Å². The van der Waals surface area contributed by atoms with Crippen molar-refractivity contribution in [3.05, 3.63) is 57.4 Å². The maximum absolute atomic E-state index is 12.6. The Bertz CT molecular complexity index is 1030. The summed E-state index contributed by atoms with van der Waals surface area (Å²) in [6.07, 6.45) is 3.56. The van der Waals surface area contributed by atoms with Crippen LogP contribution in [0, 0.1) is 39.0 Å². The van der Waals surface area contributed by atoms with E-state index in [1.165, 1.54) is 0 Å². The number of fused-ring (bicyclic) bond motifs is 1. The number of nitriles is 1. The zero-order valence-corrected chi connectivity index (χ0v) is 15.4. The number of aromatic nitrogens is 2. The van der Waals surface area contributed by atoms with Crippen molar-refractivity contribution in [2.75, 3.05) is 5.32 Å². The number of para-hydroxylation sites is 1. The van der Waals surface area contributed by atoms with Gasteiger partial charge in [0.25, 0.3) is 5.91 Å². The molecule has 0 bridgehead atoms. The monoisotopic (exact) mass is 350 g/mol. The Kier molecular flexibility index (Phi) is 4.43. The van der Waals surface area contributed by atoms with E-state index in [4.69, 9.17) is 0 Å². The largest absolute Gasteiger partial charge is 0.321 e. The number of nitrogens with one attached hydrogen (secondary N) is 1. The van der Waals surface area contributed by atoms with E-state index < -0.39 is 5.91 Å². The van der Waals surface area contributed by atoms with Gasteiger partial charge in [-0.1, -0.05) is 18.2 Å². The van der Waals surface area contributed by atoms with E-state index in [0.29, 0.717) is 0 Å². The second-order valence-corrected chi connectivity index (χ2v) is 7.18. The lowest BCUT2D eigenvalue weighted by molar-refractivity contribution is -0.112. The number of hydrogen-bond donors (Lipinski definition) is 1. The maximum atomic E-state index is 12.6. The number of aryl methyl sites for hydroxylation is 4. The molecule has 0 saturated heterocycles. The van der Waals surface area contributed by atoms with E-state index in [0.717, 1.165) is 38.0 Å². The van der Waals surface area contributed by atoms with Crippen LogP contribution in [0.4, 0.5) is 5.69 Å². The average molecular weight is 350 g/mol. The highest BCUT2D eigenvalue weighted by atomic mass is 32.1. The molecule has 0 radical (unpaired) electrons. The van der Waals surface area contributed by atoms with Gasteiger partial charge in [0.15, 0.2) is 4.96 Å². The van der Waals surface area contributed by atoms with E-state index in [1.807, 2.05) is 62.6 Å². The van der Waals surface area contributed by atoms with Crippen molar-refractivity contribution in [2.45, 2.75) is 27.7 Å². The third-order valence-corrected chi connectivity index (χ3v) is 4.93. The second kappa shape index (κ2) is 6.54. The van der Waals surface area contributed by atoms with E-state index in [9.17, 15) is 10.1 Å². The van der Waals surface area contributed by atoms with Crippen LogP contribution in [0.5, 0.6) is 0 Å². The molecule has 25 heavy (non-hydrogen) atoms. The zero-order chi connectivity index (χ0) is 18.1. The number of carbonyl (C=O) groups excluding carboxylic acids is 1. The molecule has 0 spiro atoms. The van der Waals surface area contributed by atoms with Gasteiger partial charge in [0.05, 0.1) is 11.4 Å². The summed E-state index contributed by atoms with van der Waals surface area (Å²) >= 11 is 1.58. The Morgan fingerprint density at radius 1 is 1.28 bits per heavy atom. The van der Waals surface area contributed by atoms with Gasteiger partial charge in [0, 0.05) is 16.8 Å². The quantitative estimate of drug-likeness (QED) is 0.569. The van der Waals surface area contributed by atoms with Gasteiger partial charge in [0.1, 0.15) is 11.6 Å². The number of rotatable bonds is 3. The molecule has 0 aliphatic heterocycles. The zero-order valence-electron chi connectivity index (χ0n) is 14.5. The smallest absolute Gasteiger partial charge is 0.266 e. The molecule has 2 heterocycles. The van der Waals surface area contributed by atoms with E-state index in [2.05, 4.69) is 10.3 Å². The van der Waals surface area contributed by atoms with Crippen molar-refractivity contribution in [3.63, 3.8) is 0 Å². The first-order valence-corrected chi connectivity index (χ1v) is 8.67. The van der Waals surface area contributed by atoms with Crippen molar-refractivity contribution < 1.29 is 4.79 Å². The highest BCUT2D eigenvalue weighted by Crippen LogP contribution is 2.24. The summed E-state index contributed by atoms with van der Waals surface area (Å²) in [5, 5.41) is 12.3. The fourth-order valence-corrected chi connectivity index (χ4v) is 3.61. The van der Waals surface area contributed by atoms with Crippen molar-refractivity contribution in [1.29, 1.82) is 5.26 Å². The molecule has 6 heteroatoms. The molecular formula is C19H18N4OS. The van der Waals surface area contributed by atoms with Gasteiger partial charge in [0.2, 0.25) is 0 Å². The van der Waals surface area contributed by atoms with Gasteiger partial charge >= 0.3 is 0 Å². The summed E-state index contributed by atoms with van der Waals surface area (Å²) < 4.78 is 1.92. The third-order valence-electron chi connectivity index (χ3n) is 4.03. The summed E-state index contributed by atoms with van der Waals surface area (Å²) in [5.74, 6) is -0.416. The highest BCUT2D eigenvalue weighted by molar-refractivity contribution is 7.17. The van der Waals surface area contributed by atoms with Crippen molar-refractivity contribution in [1.82, 2.24) is 9.38 Å². The molecule has 0 aliphatic rings. The van der Waals surface area contributed by atoms with Crippen LogP contribution in [0.2, 0.25) is 0 Å². The van der Waals surface area contributed by atoms with Crippen LogP contribution < -0.4 is 5.32 Å². The number of hydrogen-bond acceptors (Lipinski definition) is 4. The molecule has 126 valence electrons. The highest BCUT2D eigenvalue weighted by Gasteiger charge is 2.15. The summed E-state index contributed by atoms with van der Waals surface area (Å²) in [7, 11) is 0. The predicted octanol–water partition coefficient (Wildman–Crippen LogP) is 4.18. The van der Waals surface area contributed by atoms with Crippen LogP contribution in [-0.2, 0) is 4.79 Å². The number of imidazole rings is 1.